The Hall–Kier alpha value is -1.88. The Labute approximate surface area is 113 Å². The van der Waals surface area contributed by atoms with Crippen LogP contribution in [0.5, 0.6) is 0 Å². The van der Waals surface area contributed by atoms with Gasteiger partial charge in [0.25, 0.3) is 0 Å². The Kier molecular flexibility index (Phi) is 5.51. The number of hydrogen-bond acceptors (Lipinski definition) is 3. The van der Waals surface area contributed by atoms with Crippen LogP contribution >= 0.6 is 0 Å². The van der Waals surface area contributed by atoms with Gasteiger partial charge in [0.2, 0.25) is 5.91 Å². The molecule has 1 amide bonds. The molecule has 5 nitrogen and oxygen atoms in total. The van der Waals surface area contributed by atoms with Gasteiger partial charge in [-0.2, -0.15) is 0 Å². The Bertz CT molecular complexity index is 458. The number of nitrogens with one attached hydrogen (secondary N) is 1. The van der Waals surface area contributed by atoms with Gasteiger partial charge in [-0.3, -0.25) is 14.5 Å². The van der Waals surface area contributed by atoms with Crippen LogP contribution in [0.1, 0.15) is 25.3 Å². The molecule has 0 bridgehead atoms. The predicted octanol–water partition coefficient (Wildman–Crippen LogP) is 1.76. The minimum atomic E-state index is -0.946. The van der Waals surface area contributed by atoms with Crippen molar-refractivity contribution in [3.63, 3.8) is 0 Å². The molecule has 1 aromatic carbocycles. The molecule has 0 saturated heterocycles. The minimum Gasteiger partial charge on any atom is -0.480 e. The summed E-state index contributed by atoms with van der Waals surface area (Å²) in [5.41, 5.74) is 1.85. The molecule has 1 rings (SSSR count). The number of anilines is 1. The van der Waals surface area contributed by atoms with Crippen LogP contribution in [0.15, 0.2) is 24.3 Å². The average molecular weight is 264 g/mol. The molecule has 0 radical (unpaired) electrons. The van der Waals surface area contributed by atoms with Crippen molar-refractivity contribution >= 4 is 17.6 Å². The van der Waals surface area contributed by atoms with Crippen LogP contribution in [0.4, 0.5) is 5.69 Å². The van der Waals surface area contributed by atoms with Gasteiger partial charge in [-0.05, 0) is 24.6 Å². The second-order valence-electron chi connectivity index (χ2n) is 4.86. The van der Waals surface area contributed by atoms with Crippen molar-refractivity contribution in [1.29, 1.82) is 0 Å². The Morgan fingerprint density at radius 3 is 2.47 bits per heavy atom. The molecule has 0 heterocycles. The van der Waals surface area contributed by atoms with Crippen LogP contribution < -0.4 is 5.32 Å². The third-order valence-corrected chi connectivity index (χ3v) is 2.68. The smallest absolute Gasteiger partial charge is 0.317 e. The normalized spacial score (nSPS) is 10.8. The molecule has 1 aromatic rings. The summed E-state index contributed by atoms with van der Waals surface area (Å²) < 4.78 is 0. The number of hydrogen-bond donors (Lipinski definition) is 2. The number of nitrogens with zero attached hydrogens (tertiary/aromatic N) is 1. The monoisotopic (exact) mass is 264 g/mol. The molecule has 0 spiro atoms. The topological polar surface area (TPSA) is 69.6 Å². The molecule has 2 N–H and O–H groups in total. The highest BCUT2D eigenvalue weighted by atomic mass is 16.4. The molecule has 0 unspecified atom stereocenters. The zero-order valence-electron chi connectivity index (χ0n) is 11.5. The fourth-order valence-corrected chi connectivity index (χ4v) is 1.84. The predicted molar refractivity (Wildman–Crippen MR) is 74.3 cm³/mol. The zero-order chi connectivity index (χ0) is 14.4. The summed E-state index contributed by atoms with van der Waals surface area (Å²) in [7, 11) is 1.60. The van der Waals surface area contributed by atoms with Crippen molar-refractivity contribution < 1.29 is 14.7 Å². The SMILES string of the molecule is CC(C)c1ccccc1NC(=O)CN(C)CC(=O)O. The first-order chi connectivity index (χ1) is 8.90. The molecule has 0 aliphatic rings. The zero-order valence-corrected chi connectivity index (χ0v) is 11.5. The average Bonchev–Trinajstić information content (AvgIpc) is 2.27. The molecular formula is C14H20N2O3. The summed E-state index contributed by atoms with van der Waals surface area (Å²) in [5.74, 6) is -0.844. The lowest BCUT2D eigenvalue weighted by atomic mass is 10.0. The van der Waals surface area contributed by atoms with Crippen LogP contribution in [0.25, 0.3) is 0 Å². The van der Waals surface area contributed by atoms with E-state index in [9.17, 15) is 9.59 Å². The Morgan fingerprint density at radius 2 is 1.89 bits per heavy atom. The van der Waals surface area contributed by atoms with E-state index in [2.05, 4.69) is 19.2 Å². The number of rotatable bonds is 6. The van der Waals surface area contributed by atoms with Crippen molar-refractivity contribution in [2.24, 2.45) is 0 Å². The number of para-hydroxylation sites is 1. The van der Waals surface area contributed by atoms with Crippen molar-refractivity contribution in [2.75, 3.05) is 25.5 Å². The Morgan fingerprint density at radius 1 is 1.26 bits per heavy atom. The highest BCUT2D eigenvalue weighted by molar-refractivity contribution is 5.93. The molecule has 0 aliphatic heterocycles. The minimum absolute atomic E-state index is 0.0543. The van der Waals surface area contributed by atoms with Crippen LogP contribution in [0.2, 0.25) is 0 Å². The van der Waals surface area contributed by atoms with E-state index < -0.39 is 5.97 Å². The largest absolute Gasteiger partial charge is 0.480 e. The first-order valence-electron chi connectivity index (χ1n) is 6.19. The number of carbonyl (C=O) groups excluding carboxylic acids is 1. The maximum atomic E-state index is 11.8. The van der Waals surface area contributed by atoms with Crippen LogP contribution in [0.3, 0.4) is 0 Å². The Balaban J connectivity index is 2.64. The number of likely N-dealkylation sites (N-methyl/N-ethyl adjacent to an activating group) is 1. The quantitative estimate of drug-likeness (QED) is 0.821. The van der Waals surface area contributed by atoms with E-state index >= 15 is 0 Å². The molecule has 104 valence electrons. The third-order valence-electron chi connectivity index (χ3n) is 2.68. The number of benzene rings is 1. The number of aliphatic carboxylic acids is 1. The van der Waals surface area contributed by atoms with E-state index in [-0.39, 0.29) is 19.0 Å². The van der Waals surface area contributed by atoms with Gasteiger partial charge in [0.15, 0.2) is 0 Å². The van der Waals surface area contributed by atoms with Gasteiger partial charge in [0.1, 0.15) is 0 Å². The highest BCUT2D eigenvalue weighted by Gasteiger charge is 2.12. The summed E-state index contributed by atoms with van der Waals surface area (Å²) >= 11 is 0. The van der Waals surface area contributed by atoms with E-state index in [1.54, 1.807) is 7.05 Å². The summed E-state index contributed by atoms with van der Waals surface area (Å²) in [5, 5.41) is 11.5. The third kappa shape index (κ3) is 5.09. The molecule has 0 fully saturated rings. The summed E-state index contributed by atoms with van der Waals surface area (Å²) in [4.78, 5) is 23.8. The number of carboxylic acid groups (broad SMARTS) is 1. The van der Waals surface area contributed by atoms with Crippen LogP contribution in [0, 0.1) is 0 Å². The molecule has 0 atom stereocenters. The molecule has 0 saturated carbocycles. The summed E-state index contributed by atoms with van der Waals surface area (Å²) in [6.07, 6.45) is 0. The van der Waals surface area contributed by atoms with Gasteiger partial charge < -0.3 is 10.4 Å². The van der Waals surface area contributed by atoms with E-state index in [4.69, 9.17) is 5.11 Å². The number of amides is 1. The van der Waals surface area contributed by atoms with Gasteiger partial charge in [-0.1, -0.05) is 32.0 Å². The lowest BCUT2D eigenvalue weighted by Crippen LogP contribution is -2.34. The van der Waals surface area contributed by atoms with Crippen molar-refractivity contribution in [2.45, 2.75) is 19.8 Å². The van der Waals surface area contributed by atoms with Crippen molar-refractivity contribution in [1.82, 2.24) is 4.90 Å². The van der Waals surface area contributed by atoms with Crippen molar-refractivity contribution in [3.8, 4) is 0 Å². The lowest BCUT2D eigenvalue weighted by Gasteiger charge is -2.16. The maximum Gasteiger partial charge on any atom is 0.317 e. The van der Waals surface area contributed by atoms with Gasteiger partial charge in [0.05, 0.1) is 13.1 Å². The molecule has 5 heteroatoms. The molecule has 0 aromatic heterocycles. The fourth-order valence-electron chi connectivity index (χ4n) is 1.84. The first-order valence-corrected chi connectivity index (χ1v) is 6.19. The first kappa shape index (κ1) is 15.2. The van der Waals surface area contributed by atoms with Crippen LogP contribution in [-0.4, -0.2) is 42.0 Å². The number of carbonyl (C=O) groups is 2. The van der Waals surface area contributed by atoms with Crippen molar-refractivity contribution in [3.05, 3.63) is 29.8 Å². The van der Waals surface area contributed by atoms with E-state index in [0.29, 0.717) is 5.92 Å². The highest BCUT2D eigenvalue weighted by Crippen LogP contribution is 2.23. The second kappa shape index (κ2) is 6.89. The second-order valence-corrected chi connectivity index (χ2v) is 4.86. The van der Waals surface area contributed by atoms with E-state index in [0.717, 1.165) is 11.3 Å². The van der Waals surface area contributed by atoms with Crippen LogP contribution in [-0.2, 0) is 9.59 Å². The van der Waals surface area contributed by atoms with Gasteiger partial charge in [0, 0.05) is 5.69 Å². The maximum absolute atomic E-state index is 11.8. The van der Waals surface area contributed by atoms with Gasteiger partial charge in [-0.25, -0.2) is 0 Å². The van der Waals surface area contributed by atoms with E-state index in [1.165, 1.54) is 4.90 Å². The lowest BCUT2D eigenvalue weighted by molar-refractivity contribution is -0.138. The molecular weight excluding hydrogens is 244 g/mol. The molecule has 0 aliphatic carbocycles. The molecule has 19 heavy (non-hydrogen) atoms. The summed E-state index contributed by atoms with van der Waals surface area (Å²) in [6, 6.07) is 7.62. The standard InChI is InChI=1S/C14H20N2O3/c1-10(2)11-6-4-5-7-12(11)15-13(17)8-16(3)9-14(18)19/h4-7,10H,8-9H2,1-3H3,(H,15,17)(H,18,19). The summed E-state index contributed by atoms with van der Waals surface area (Å²) in [6.45, 7) is 4.01. The van der Waals surface area contributed by atoms with Gasteiger partial charge in [-0.15, -0.1) is 0 Å². The van der Waals surface area contributed by atoms with Gasteiger partial charge >= 0.3 is 5.97 Å². The fraction of sp³-hybridized carbons (Fsp3) is 0.429. The van der Waals surface area contributed by atoms with E-state index in [1.807, 2.05) is 24.3 Å². The number of carboxylic acids is 1.